The second-order valence-electron chi connectivity index (χ2n) is 7.10. The lowest BCUT2D eigenvalue weighted by molar-refractivity contribution is -0.134. The van der Waals surface area contributed by atoms with E-state index < -0.39 is 0 Å². The second kappa shape index (κ2) is 12.9. The van der Waals surface area contributed by atoms with E-state index in [9.17, 15) is 4.79 Å². The van der Waals surface area contributed by atoms with Crippen LogP contribution in [0.1, 0.15) is 66.7 Å². The normalized spacial score (nSPS) is 10.7. The van der Waals surface area contributed by atoms with E-state index in [0.717, 1.165) is 31.1 Å². The highest BCUT2D eigenvalue weighted by Crippen LogP contribution is 2.52. The predicted molar refractivity (Wildman–Crippen MR) is 123 cm³/mol. The minimum absolute atomic E-state index is 0.290. The van der Waals surface area contributed by atoms with Crippen molar-refractivity contribution < 1.29 is 28.5 Å². The molecule has 6 heteroatoms. The highest BCUT2D eigenvalue weighted by molar-refractivity contribution is 6.00. The van der Waals surface area contributed by atoms with Crippen molar-refractivity contribution in [2.75, 3.05) is 26.4 Å². The Bertz CT molecular complexity index is 846. The van der Waals surface area contributed by atoms with E-state index in [2.05, 4.69) is 6.92 Å². The van der Waals surface area contributed by atoms with Crippen LogP contribution in [0.2, 0.25) is 0 Å². The van der Waals surface area contributed by atoms with E-state index in [4.69, 9.17) is 23.7 Å². The van der Waals surface area contributed by atoms with Gasteiger partial charge in [0.25, 0.3) is 0 Å². The standard InChI is InChI=1S/C25H36O6/c1-6-11-12-13-21(26)31-23-20-17-18(27-8-3)14-15-19(20)22(30-16-7-2)24(28-9-4)25(23)29-10-5/h14-15,17H,6-13,16H2,1-5H3. The monoisotopic (exact) mass is 432 g/mol. The maximum atomic E-state index is 12.6. The summed E-state index contributed by atoms with van der Waals surface area (Å²) in [5.74, 6) is 2.20. The van der Waals surface area contributed by atoms with Crippen LogP contribution in [0.4, 0.5) is 0 Å². The number of carbonyl (C=O) groups excluding carboxylic acids is 1. The molecule has 0 unspecified atom stereocenters. The van der Waals surface area contributed by atoms with Crippen LogP contribution < -0.4 is 23.7 Å². The fraction of sp³-hybridized carbons (Fsp3) is 0.560. The van der Waals surface area contributed by atoms with Gasteiger partial charge < -0.3 is 23.7 Å². The van der Waals surface area contributed by atoms with Gasteiger partial charge in [-0.25, -0.2) is 0 Å². The van der Waals surface area contributed by atoms with Crippen molar-refractivity contribution in [3.63, 3.8) is 0 Å². The zero-order valence-corrected chi connectivity index (χ0v) is 19.5. The molecule has 0 saturated carbocycles. The van der Waals surface area contributed by atoms with E-state index >= 15 is 0 Å². The lowest BCUT2D eigenvalue weighted by Gasteiger charge is -2.22. The Balaban J connectivity index is 2.70. The van der Waals surface area contributed by atoms with Crippen molar-refractivity contribution in [1.29, 1.82) is 0 Å². The minimum atomic E-state index is -0.290. The third-order valence-corrected chi connectivity index (χ3v) is 4.64. The Morgan fingerprint density at radius 1 is 0.710 bits per heavy atom. The average molecular weight is 433 g/mol. The summed E-state index contributed by atoms with van der Waals surface area (Å²) in [6.45, 7) is 11.7. The smallest absolute Gasteiger partial charge is 0.311 e. The van der Waals surface area contributed by atoms with E-state index in [0.29, 0.717) is 67.0 Å². The van der Waals surface area contributed by atoms with Gasteiger partial charge in [-0.1, -0.05) is 26.7 Å². The molecular weight excluding hydrogens is 396 g/mol. The molecule has 0 radical (unpaired) electrons. The summed E-state index contributed by atoms with van der Waals surface area (Å²) in [5, 5.41) is 1.49. The van der Waals surface area contributed by atoms with Crippen molar-refractivity contribution in [2.45, 2.75) is 66.7 Å². The molecular formula is C25H36O6. The van der Waals surface area contributed by atoms with Crippen LogP contribution in [-0.2, 0) is 4.79 Å². The maximum absolute atomic E-state index is 12.6. The van der Waals surface area contributed by atoms with Crippen LogP contribution in [0.5, 0.6) is 28.7 Å². The molecule has 31 heavy (non-hydrogen) atoms. The Hall–Kier alpha value is -2.63. The summed E-state index contributed by atoms with van der Waals surface area (Å²) < 4.78 is 29.6. The first kappa shape index (κ1) is 24.6. The minimum Gasteiger partial charge on any atom is -0.494 e. The van der Waals surface area contributed by atoms with E-state index in [1.54, 1.807) is 0 Å². The number of hydrogen-bond donors (Lipinski definition) is 0. The third-order valence-electron chi connectivity index (χ3n) is 4.64. The lowest BCUT2D eigenvalue weighted by Crippen LogP contribution is -2.11. The molecule has 0 amide bonds. The maximum Gasteiger partial charge on any atom is 0.311 e. The van der Waals surface area contributed by atoms with Crippen LogP contribution in [0.25, 0.3) is 10.8 Å². The quantitative estimate of drug-likeness (QED) is 0.198. The van der Waals surface area contributed by atoms with Gasteiger partial charge in [-0.3, -0.25) is 4.79 Å². The average Bonchev–Trinajstić information content (AvgIpc) is 2.76. The molecule has 0 aliphatic carbocycles. The fourth-order valence-corrected chi connectivity index (χ4v) is 3.30. The Labute approximate surface area is 185 Å². The predicted octanol–water partition coefficient (Wildman–Crippen LogP) is 6.31. The number of carbonyl (C=O) groups is 1. The van der Waals surface area contributed by atoms with E-state index in [1.807, 2.05) is 45.9 Å². The molecule has 0 fully saturated rings. The number of rotatable bonds is 14. The van der Waals surface area contributed by atoms with Crippen molar-refractivity contribution in [2.24, 2.45) is 0 Å². The van der Waals surface area contributed by atoms with Gasteiger partial charge in [0.15, 0.2) is 11.5 Å². The van der Waals surface area contributed by atoms with Crippen molar-refractivity contribution in [3.05, 3.63) is 18.2 Å². The lowest BCUT2D eigenvalue weighted by atomic mass is 10.1. The van der Waals surface area contributed by atoms with Crippen molar-refractivity contribution >= 4 is 16.7 Å². The van der Waals surface area contributed by atoms with Crippen molar-refractivity contribution in [1.82, 2.24) is 0 Å². The number of hydrogen-bond acceptors (Lipinski definition) is 6. The van der Waals surface area contributed by atoms with Gasteiger partial charge in [0, 0.05) is 17.2 Å². The van der Waals surface area contributed by atoms with Gasteiger partial charge in [-0.05, 0) is 51.8 Å². The molecule has 0 saturated heterocycles. The van der Waals surface area contributed by atoms with Gasteiger partial charge in [0.1, 0.15) is 5.75 Å². The Kier molecular flexibility index (Phi) is 10.3. The highest BCUT2D eigenvalue weighted by Gasteiger charge is 2.26. The molecule has 0 spiro atoms. The van der Waals surface area contributed by atoms with Crippen LogP contribution in [0.3, 0.4) is 0 Å². The van der Waals surface area contributed by atoms with Gasteiger partial charge in [-0.15, -0.1) is 0 Å². The molecule has 0 aromatic heterocycles. The topological polar surface area (TPSA) is 63.2 Å². The summed E-state index contributed by atoms with van der Waals surface area (Å²) in [6.07, 6.45) is 4.01. The Morgan fingerprint density at radius 3 is 2.00 bits per heavy atom. The second-order valence-corrected chi connectivity index (χ2v) is 7.10. The molecule has 2 aromatic rings. The van der Waals surface area contributed by atoms with Crippen LogP contribution in [-0.4, -0.2) is 32.4 Å². The zero-order chi connectivity index (χ0) is 22.6. The molecule has 0 bridgehead atoms. The number of ether oxygens (including phenoxy) is 5. The number of benzene rings is 2. The highest BCUT2D eigenvalue weighted by atomic mass is 16.6. The van der Waals surface area contributed by atoms with Gasteiger partial charge in [0.05, 0.1) is 26.4 Å². The first-order valence-electron chi connectivity index (χ1n) is 11.5. The molecule has 2 rings (SSSR count). The SMILES string of the molecule is CCCCCC(=O)Oc1c(OCC)c(OCC)c(OCCC)c2ccc(OCC)cc12. The zero-order valence-electron chi connectivity index (χ0n) is 19.5. The molecule has 172 valence electrons. The molecule has 0 atom stereocenters. The number of esters is 1. The van der Waals surface area contributed by atoms with E-state index in [-0.39, 0.29) is 5.97 Å². The molecule has 6 nitrogen and oxygen atoms in total. The van der Waals surface area contributed by atoms with Crippen molar-refractivity contribution in [3.8, 4) is 28.7 Å². The molecule has 0 aliphatic heterocycles. The summed E-state index contributed by atoms with van der Waals surface area (Å²) in [7, 11) is 0. The van der Waals surface area contributed by atoms with Gasteiger partial charge >= 0.3 is 5.97 Å². The molecule has 2 aromatic carbocycles. The third kappa shape index (κ3) is 6.42. The summed E-state index contributed by atoms with van der Waals surface area (Å²) in [6, 6.07) is 5.66. The van der Waals surface area contributed by atoms with Crippen LogP contribution in [0, 0.1) is 0 Å². The first-order chi connectivity index (χ1) is 15.1. The van der Waals surface area contributed by atoms with Crippen LogP contribution in [0.15, 0.2) is 18.2 Å². The summed E-state index contributed by atoms with van der Waals surface area (Å²) in [4.78, 5) is 12.6. The van der Waals surface area contributed by atoms with Gasteiger partial charge in [0.2, 0.25) is 11.5 Å². The summed E-state index contributed by atoms with van der Waals surface area (Å²) >= 11 is 0. The summed E-state index contributed by atoms with van der Waals surface area (Å²) in [5.41, 5.74) is 0. The molecule has 0 heterocycles. The number of fused-ring (bicyclic) bond motifs is 1. The van der Waals surface area contributed by atoms with E-state index in [1.165, 1.54) is 0 Å². The molecule has 0 aliphatic rings. The van der Waals surface area contributed by atoms with Gasteiger partial charge in [-0.2, -0.15) is 0 Å². The Morgan fingerprint density at radius 2 is 1.39 bits per heavy atom. The largest absolute Gasteiger partial charge is 0.494 e. The number of unbranched alkanes of at least 4 members (excludes halogenated alkanes) is 2. The molecule has 0 N–H and O–H groups in total. The fourth-order valence-electron chi connectivity index (χ4n) is 3.30. The first-order valence-corrected chi connectivity index (χ1v) is 11.5. The van der Waals surface area contributed by atoms with Crippen LogP contribution >= 0.6 is 0 Å².